The molecule has 1 aromatic rings. The zero-order valence-corrected chi connectivity index (χ0v) is 12.0. The Balaban J connectivity index is 1.92. The number of halogens is 3. The van der Waals surface area contributed by atoms with Crippen molar-refractivity contribution < 1.29 is 17.9 Å². The summed E-state index contributed by atoms with van der Waals surface area (Å²) in [6.45, 7) is 3.22. The third-order valence-corrected chi connectivity index (χ3v) is 3.76. The fourth-order valence-electron chi connectivity index (χ4n) is 2.56. The summed E-state index contributed by atoms with van der Waals surface area (Å²) in [6, 6.07) is 6.25. The van der Waals surface area contributed by atoms with Gasteiger partial charge >= 0.3 is 6.36 Å². The van der Waals surface area contributed by atoms with Gasteiger partial charge in [0.1, 0.15) is 5.75 Å². The van der Waals surface area contributed by atoms with Crippen LogP contribution in [0.3, 0.4) is 0 Å². The van der Waals surface area contributed by atoms with Gasteiger partial charge in [0.15, 0.2) is 0 Å². The van der Waals surface area contributed by atoms with Crippen LogP contribution >= 0.6 is 0 Å². The topological polar surface area (TPSA) is 21.3 Å². The monoisotopic (exact) mass is 299 g/mol. The highest BCUT2D eigenvalue weighted by Gasteiger charge is 2.30. The molecule has 2 rings (SSSR count). The van der Waals surface area contributed by atoms with Gasteiger partial charge in [-0.1, -0.05) is 37.6 Å². The molecular formula is C16H20F3NO. The first kappa shape index (κ1) is 15.9. The maximum atomic E-state index is 12.1. The van der Waals surface area contributed by atoms with Crippen LogP contribution in [0.4, 0.5) is 13.2 Å². The Morgan fingerprint density at radius 3 is 2.62 bits per heavy atom. The van der Waals surface area contributed by atoms with E-state index in [-0.39, 0.29) is 5.75 Å². The fourth-order valence-corrected chi connectivity index (χ4v) is 2.56. The van der Waals surface area contributed by atoms with Crippen molar-refractivity contribution in [3.05, 3.63) is 35.9 Å². The Morgan fingerprint density at radius 1 is 1.29 bits per heavy atom. The van der Waals surface area contributed by atoms with E-state index in [9.17, 15) is 13.2 Å². The minimum Gasteiger partial charge on any atom is -0.406 e. The lowest BCUT2D eigenvalue weighted by Gasteiger charge is -2.27. The lowest BCUT2D eigenvalue weighted by atomic mass is 9.90. The van der Waals surface area contributed by atoms with Gasteiger partial charge in [0, 0.05) is 6.04 Å². The van der Waals surface area contributed by atoms with Gasteiger partial charge in [-0.15, -0.1) is 13.2 Å². The van der Waals surface area contributed by atoms with Crippen molar-refractivity contribution in [1.82, 2.24) is 5.32 Å². The van der Waals surface area contributed by atoms with Crippen LogP contribution in [-0.2, 0) is 0 Å². The third kappa shape index (κ3) is 5.42. The number of benzene rings is 1. The van der Waals surface area contributed by atoms with Crippen molar-refractivity contribution in [1.29, 1.82) is 0 Å². The smallest absolute Gasteiger partial charge is 0.406 e. The van der Waals surface area contributed by atoms with E-state index in [0.29, 0.717) is 6.04 Å². The zero-order chi connectivity index (χ0) is 15.3. The molecule has 0 amide bonds. The maximum absolute atomic E-state index is 12.1. The van der Waals surface area contributed by atoms with Gasteiger partial charge in [0.2, 0.25) is 0 Å². The highest BCUT2D eigenvalue weighted by atomic mass is 19.4. The average Bonchev–Trinajstić information content (AvgIpc) is 2.45. The van der Waals surface area contributed by atoms with Gasteiger partial charge < -0.3 is 10.1 Å². The van der Waals surface area contributed by atoms with Crippen molar-refractivity contribution in [2.24, 2.45) is 5.92 Å². The third-order valence-electron chi connectivity index (χ3n) is 3.76. The van der Waals surface area contributed by atoms with E-state index < -0.39 is 6.36 Å². The Kier molecular flexibility index (Phi) is 5.28. The molecule has 2 nitrogen and oxygen atoms in total. The van der Waals surface area contributed by atoms with E-state index in [1.165, 1.54) is 25.0 Å². The molecule has 5 heteroatoms. The normalized spacial score (nSPS) is 23.4. The van der Waals surface area contributed by atoms with Crippen LogP contribution in [-0.4, -0.2) is 18.9 Å². The summed E-state index contributed by atoms with van der Waals surface area (Å²) in [7, 11) is 0. The molecule has 1 aromatic carbocycles. The summed E-state index contributed by atoms with van der Waals surface area (Å²) in [4.78, 5) is 0. The standard InChI is InChI=1S/C16H20F3NO/c1-2-12-9-10-20-14(11-12)6-3-13-4-7-15(8-5-13)21-16(17,18)19/h3-8,12,14,20H,2,9-11H2,1H3/b6-3+. The zero-order valence-electron chi connectivity index (χ0n) is 12.0. The molecule has 1 saturated heterocycles. The molecule has 0 spiro atoms. The minimum atomic E-state index is -4.64. The minimum absolute atomic E-state index is 0.193. The molecule has 1 aliphatic heterocycles. The molecule has 21 heavy (non-hydrogen) atoms. The average molecular weight is 299 g/mol. The van der Waals surface area contributed by atoms with Crippen LogP contribution < -0.4 is 10.1 Å². The van der Waals surface area contributed by atoms with Crippen LogP contribution in [0.25, 0.3) is 6.08 Å². The Hall–Kier alpha value is -1.49. The number of rotatable bonds is 4. The van der Waals surface area contributed by atoms with Crippen molar-refractivity contribution in [2.75, 3.05) is 6.54 Å². The SMILES string of the molecule is CCC1CCNC(/C=C/c2ccc(OC(F)(F)F)cc2)C1. The Bertz CT molecular complexity index is 467. The molecular weight excluding hydrogens is 279 g/mol. The van der Waals surface area contributed by atoms with Gasteiger partial charge in [0.05, 0.1) is 0 Å². The highest BCUT2D eigenvalue weighted by Crippen LogP contribution is 2.24. The molecule has 0 bridgehead atoms. The molecule has 1 fully saturated rings. The Morgan fingerprint density at radius 2 is 2.00 bits per heavy atom. The van der Waals surface area contributed by atoms with E-state index in [2.05, 4.69) is 23.1 Å². The molecule has 0 aromatic heterocycles. The second kappa shape index (κ2) is 6.98. The molecule has 1 heterocycles. The van der Waals surface area contributed by atoms with Crippen molar-refractivity contribution in [3.63, 3.8) is 0 Å². The second-order valence-electron chi connectivity index (χ2n) is 5.34. The number of ether oxygens (including phenoxy) is 1. The van der Waals surface area contributed by atoms with Crippen molar-refractivity contribution in [2.45, 2.75) is 38.6 Å². The lowest BCUT2D eigenvalue weighted by molar-refractivity contribution is -0.274. The fraction of sp³-hybridized carbons (Fsp3) is 0.500. The van der Waals surface area contributed by atoms with Crippen LogP contribution in [0.5, 0.6) is 5.75 Å². The van der Waals surface area contributed by atoms with E-state index in [4.69, 9.17) is 0 Å². The lowest BCUT2D eigenvalue weighted by Crippen LogP contribution is -2.36. The summed E-state index contributed by atoms with van der Waals surface area (Å²) >= 11 is 0. The van der Waals surface area contributed by atoms with Gasteiger partial charge in [-0.25, -0.2) is 0 Å². The highest BCUT2D eigenvalue weighted by molar-refractivity contribution is 5.51. The predicted octanol–water partition coefficient (Wildman–Crippen LogP) is 4.38. The van der Waals surface area contributed by atoms with Crippen LogP contribution in [0.15, 0.2) is 30.3 Å². The van der Waals surface area contributed by atoms with E-state index >= 15 is 0 Å². The number of alkyl halides is 3. The molecule has 2 atom stereocenters. The van der Waals surface area contributed by atoms with Crippen LogP contribution in [0, 0.1) is 5.92 Å². The molecule has 1 aliphatic rings. The number of nitrogens with one attached hydrogen (secondary N) is 1. The summed E-state index contributed by atoms with van der Waals surface area (Å²) in [5.74, 6) is 0.560. The first-order valence-electron chi connectivity index (χ1n) is 7.23. The van der Waals surface area contributed by atoms with Crippen LogP contribution in [0.2, 0.25) is 0 Å². The quantitative estimate of drug-likeness (QED) is 0.891. The molecule has 0 radical (unpaired) electrons. The van der Waals surface area contributed by atoms with E-state index in [1.54, 1.807) is 12.1 Å². The van der Waals surface area contributed by atoms with Crippen molar-refractivity contribution >= 4 is 6.08 Å². The molecule has 0 saturated carbocycles. The molecule has 0 aliphatic carbocycles. The number of piperidine rings is 1. The molecule has 1 N–H and O–H groups in total. The summed E-state index contributed by atoms with van der Waals surface area (Å²) < 4.78 is 40.0. The Labute approximate surface area is 123 Å². The summed E-state index contributed by atoms with van der Waals surface area (Å²) in [6.07, 6.45) is 2.90. The van der Waals surface area contributed by atoms with E-state index in [1.807, 2.05) is 6.08 Å². The summed E-state index contributed by atoms with van der Waals surface area (Å²) in [5, 5.41) is 3.44. The number of hydrogen-bond acceptors (Lipinski definition) is 2. The van der Waals surface area contributed by atoms with Gasteiger partial charge in [-0.3, -0.25) is 0 Å². The van der Waals surface area contributed by atoms with Gasteiger partial charge in [-0.05, 0) is 43.0 Å². The van der Waals surface area contributed by atoms with E-state index in [0.717, 1.165) is 24.4 Å². The van der Waals surface area contributed by atoms with Crippen molar-refractivity contribution in [3.8, 4) is 5.75 Å². The van der Waals surface area contributed by atoms with Crippen LogP contribution in [0.1, 0.15) is 31.7 Å². The molecule has 116 valence electrons. The molecule has 2 unspecified atom stereocenters. The maximum Gasteiger partial charge on any atom is 0.573 e. The first-order chi connectivity index (χ1) is 9.96. The second-order valence-corrected chi connectivity index (χ2v) is 5.34. The first-order valence-corrected chi connectivity index (χ1v) is 7.23. The predicted molar refractivity (Wildman–Crippen MR) is 77.0 cm³/mol. The summed E-state index contributed by atoms with van der Waals surface area (Å²) in [5.41, 5.74) is 0.866. The van der Waals surface area contributed by atoms with Gasteiger partial charge in [0.25, 0.3) is 0 Å². The van der Waals surface area contributed by atoms with Gasteiger partial charge in [-0.2, -0.15) is 0 Å². The number of hydrogen-bond donors (Lipinski definition) is 1. The largest absolute Gasteiger partial charge is 0.573 e.